The molecule has 0 saturated heterocycles. The number of aromatic nitrogens is 2. The normalized spacial score (nSPS) is 29.6. The standard InChI is InChI=1S/C18H22N2/c1-17(2)15-9-10-18(17,3)16-14(15)12-20(19-16)11-13-7-5-4-6-8-13/h4-8,12,15H,9-11H2,1-3H3/t15-,18+/m0/s1. The molecule has 0 spiro atoms. The van der Waals surface area contributed by atoms with Crippen molar-refractivity contribution in [1.29, 1.82) is 0 Å². The highest BCUT2D eigenvalue weighted by atomic mass is 15.3. The van der Waals surface area contributed by atoms with E-state index in [0.717, 1.165) is 6.54 Å². The minimum absolute atomic E-state index is 0.273. The minimum Gasteiger partial charge on any atom is -0.268 e. The summed E-state index contributed by atoms with van der Waals surface area (Å²) in [5.74, 6) is 0.701. The zero-order chi connectivity index (χ0) is 14.0. The third-order valence-corrected chi connectivity index (χ3v) is 6.10. The van der Waals surface area contributed by atoms with E-state index >= 15 is 0 Å². The third kappa shape index (κ3) is 1.37. The van der Waals surface area contributed by atoms with Crippen LogP contribution in [0.3, 0.4) is 0 Å². The first kappa shape index (κ1) is 12.2. The van der Waals surface area contributed by atoms with Crippen molar-refractivity contribution in [2.24, 2.45) is 5.41 Å². The molecule has 0 unspecified atom stereocenters. The fourth-order valence-corrected chi connectivity index (χ4v) is 4.44. The number of benzene rings is 1. The van der Waals surface area contributed by atoms with E-state index in [1.807, 2.05) is 0 Å². The maximum atomic E-state index is 4.95. The molecule has 4 rings (SSSR count). The first-order chi connectivity index (χ1) is 9.52. The van der Waals surface area contributed by atoms with Gasteiger partial charge in [-0.2, -0.15) is 5.10 Å². The summed E-state index contributed by atoms with van der Waals surface area (Å²) in [6, 6.07) is 10.6. The Hall–Kier alpha value is -1.57. The van der Waals surface area contributed by atoms with Gasteiger partial charge >= 0.3 is 0 Å². The van der Waals surface area contributed by atoms with Crippen molar-refractivity contribution < 1.29 is 0 Å². The van der Waals surface area contributed by atoms with Gasteiger partial charge in [0, 0.05) is 11.6 Å². The van der Waals surface area contributed by atoms with E-state index in [1.54, 1.807) is 0 Å². The van der Waals surface area contributed by atoms with Crippen LogP contribution in [-0.2, 0) is 12.0 Å². The van der Waals surface area contributed by atoms with Crippen molar-refractivity contribution in [1.82, 2.24) is 9.78 Å². The van der Waals surface area contributed by atoms with Crippen LogP contribution in [0.25, 0.3) is 0 Å². The van der Waals surface area contributed by atoms with Crippen molar-refractivity contribution in [3.05, 3.63) is 53.3 Å². The number of hydrogen-bond acceptors (Lipinski definition) is 1. The van der Waals surface area contributed by atoms with Gasteiger partial charge in [-0.1, -0.05) is 51.1 Å². The molecule has 0 N–H and O–H groups in total. The van der Waals surface area contributed by atoms with Crippen LogP contribution in [0, 0.1) is 5.41 Å². The molecule has 20 heavy (non-hydrogen) atoms. The molecular weight excluding hydrogens is 244 g/mol. The van der Waals surface area contributed by atoms with E-state index in [1.165, 1.54) is 29.7 Å². The van der Waals surface area contributed by atoms with Gasteiger partial charge in [0.15, 0.2) is 0 Å². The van der Waals surface area contributed by atoms with Gasteiger partial charge in [0.1, 0.15) is 0 Å². The molecule has 1 fully saturated rings. The van der Waals surface area contributed by atoms with E-state index in [-0.39, 0.29) is 5.41 Å². The van der Waals surface area contributed by atoms with Gasteiger partial charge in [-0.25, -0.2) is 0 Å². The molecule has 2 bridgehead atoms. The Kier molecular flexibility index (Phi) is 2.28. The molecule has 2 heteroatoms. The second-order valence-electron chi connectivity index (χ2n) is 7.26. The van der Waals surface area contributed by atoms with E-state index in [0.29, 0.717) is 11.3 Å². The lowest BCUT2D eigenvalue weighted by Crippen LogP contribution is -2.32. The van der Waals surface area contributed by atoms with Crippen molar-refractivity contribution in [2.45, 2.75) is 51.5 Å². The lowest BCUT2D eigenvalue weighted by molar-refractivity contribution is 0.223. The second kappa shape index (κ2) is 3.75. The molecule has 0 radical (unpaired) electrons. The predicted molar refractivity (Wildman–Crippen MR) is 80.9 cm³/mol. The first-order valence-electron chi connectivity index (χ1n) is 7.64. The summed E-state index contributed by atoms with van der Waals surface area (Å²) in [6.07, 6.45) is 4.92. The summed E-state index contributed by atoms with van der Waals surface area (Å²) < 4.78 is 2.14. The highest BCUT2D eigenvalue weighted by molar-refractivity contribution is 5.44. The Balaban J connectivity index is 1.72. The number of hydrogen-bond donors (Lipinski definition) is 0. The number of fused-ring (bicyclic) bond motifs is 5. The molecular formula is C18H22N2. The topological polar surface area (TPSA) is 17.8 Å². The summed E-state index contributed by atoms with van der Waals surface area (Å²) in [5, 5.41) is 4.95. The van der Waals surface area contributed by atoms with E-state index in [2.05, 4.69) is 62.0 Å². The van der Waals surface area contributed by atoms with Gasteiger partial charge in [-0.3, -0.25) is 4.68 Å². The Morgan fingerprint density at radius 3 is 2.65 bits per heavy atom. The Bertz CT molecular complexity index is 653. The SMILES string of the molecule is CC1(C)[C@H]2CC[C@]1(C)c1nn(Cc3ccccc3)cc12. The molecule has 0 amide bonds. The average Bonchev–Trinajstić information content (AvgIpc) is 2.97. The van der Waals surface area contributed by atoms with Gasteiger partial charge < -0.3 is 0 Å². The predicted octanol–water partition coefficient (Wildman–Crippen LogP) is 4.11. The van der Waals surface area contributed by atoms with Gasteiger partial charge in [-0.15, -0.1) is 0 Å². The van der Waals surface area contributed by atoms with Crippen LogP contribution in [0.15, 0.2) is 36.5 Å². The van der Waals surface area contributed by atoms with Crippen LogP contribution in [0.5, 0.6) is 0 Å². The molecule has 1 aromatic heterocycles. The Morgan fingerprint density at radius 2 is 1.95 bits per heavy atom. The maximum absolute atomic E-state index is 4.95. The first-order valence-corrected chi connectivity index (χ1v) is 7.64. The summed E-state index contributed by atoms with van der Waals surface area (Å²) in [4.78, 5) is 0. The molecule has 1 heterocycles. The molecule has 104 valence electrons. The van der Waals surface area contributed by atoms with Gasteiger partial charge in [-0.05, 0) is 35.3 Å². The molecule has 2 aromatic rings. The van der Waals surface area contributed by atoms with Crippen molar-refractivity contribution >= 4 is 0 Å². The Labute approximate surface area is 120 Å². The number of rotatable bonds is 2. The monoisotopic (exact) mass is 266 g/mol. The van der Waals surface area contributed by atoms with Crippen LogP contribution < -0.4 is 0 Å². The number of nitrogens with zero attached hydrogens (tertiary/aromatic N) is 2. The van der Waals surface area contributed by atoms with Crippen LogP contribution in [0.1, 0.15) is 56.4 Å². The fourth-order valence-electron chi connectivity index (χ4n) is 4.44. The van der Waals surface area contributed by atoms with Gasteiger partial charge in [0.2, 0.25) is 0 Å². The molecule has 2 atom stereocenters. The van der Waals surface area contributed by atoms with Crippen molar-refractivity contribution in [3.63, 3.8) is 0 Å². The van der Waals surface area contributed by atoms with Crippen molar-refractivity contribution in [2.75, 3.05) is 0 Å². The fraction of sp³-hybridized carbons (Fsp3) is 0.500. The highest BCUT2D eigenvalue weighted by Gasteiger charge is 2.61. The molecule has 2 aliphatic rings. The molecule has 0 aliphatic heterocycles. The van der Waals surface area contributed by atoms with Gasteiger partial charge in [0.05, 0.1) is 12.2 Å². The quantitative estimate of drug-likeness (QED) is 0.800. The minimum atomic E-state index is 0.273. The smallest absolute Gasteiger partial charge is 0.0724 e. The third-order valence-electron chi connectivity index (χ3n) is 6.10. The van der Waals surface area contributed by atoms with Crippen LogP contribution in [0.4, 0.5) is 0 Å². The summed E-state index contributed by atoms with van der Waals surface area (Å²) in [6.45, 7) is 8.15. The summed E-state index contributed by atoms with van der Waals surface area (Å²) in [7, 11) is 0. The highest BCUT2D eigenvalue weighted by Crippen LogP contribution is 2.67. The molecule has 1 saturated carbocycles. The largest absolute Gasteiger partial charge is 0.268 e. The molecule has 1 aromatic carbocycles. The lowest BCUT2D eigenvalue weighted by atomic mass is 9.70. The second-order valence-corrected chi connectivity index (χ2v) is 7.26. The van der Waals surface area contributed by atoms with E-state index in [4.69, 9.17) is 5.10 Å². The summed E-state index contributed by atoms with van der Waals surface area (Å²) in [5.41, 5.74) is 4.85. The maximum Gasteiger partial charge on any atom is 0.0724 e. The zero-order valence-electron chi connectivity index (χ0n) is 12.6. The molecule has 2 nitrogen and oxygen atoms in total. The Morgan fingerprint density at radius 1 is 1.20 bits per heavy atom. The average molecular weight is 266 g/mol. The van der Waals surface area contributed by atoms with Crippen LogP contribution >= 0.6 is 0 Å². The van der Waals surface area contributed by atoms with Crippen LogP contribution in [0.2, 0.25) is 0 Å². The van der Waals surface area contributed by atoms with Gasteiger partial charge in [0.25, 0.3) is 0 Å². The lowest BCUT2D eigenvalue weighted by Gasteiger charge is -2.34. The van der Waals surface area contributed by atoms with Crippen molar-refractivity contribution in [3.8, 4) is 0 Å². The zero-order valence-corrected chi connectivity index (χ0v) is 12.6. The van der Waals surface area contributed by atoms with E-state index in [9.17, 15) is 0 Å². The molecule has 2 aliphatic carbocycles. The van der Waals surface area contributed by atoms with Crippen LogP contribution in [-0.4, -0.2) is 9.78 Å². The summed E-state index contributed by atoms with van der Waals surface area (Å²) >= 11 is 0. The van der Waals surface area contributed by atoms with E-state index < -0.39 is 0 Å².